The first-order valence-corrected chi connectivity index (χ1v) is 7.58. The summed E-state index contributed by atoms with van der Waals surface area (Å²) in [6.07, 6.45) is 5.77. The van der Waals surface area contributed by atoms with Gasteiger partial charge in [0.2, 0.25) is 0 Å². The average molecular weight is 268 g/mol. The van der Waals surface area contributed by atoms with Crippen LogP contribution in [0.15, 0.2) is 0 Å². The number of nitrogens with two attached hydrogens (primary N) is 1. The molecule has 4 nitrogen and oxygen atoms in total. The van der Waals surface area contributed by atoms with Crippen LogP contribution < -0.4 is 5.73 Å². The summed E-state index contributed by atoms with van der Waals surface area (Å²) in [4.78, 5) is 13.9. The maximum Gasteiger partial charge on any atom is 0.410 e. The van der Waals surface area contributed by atoms with Crippen molar-refractivity contribution in [1.82, 2.24) is 4.90 Å². The number of nitrogens with zero attached hydrogens (tertiary/aromatic N) is 1. The Bertz CT molecular complexity index is 325. The van der Waals surface area contributed by atoms with Gasteiger partial charge in [0.1, 0.15) is 5.60 Å². The van der Waals surface area contributed by atoms with E-state index in [2.05, 4.69) is 0 Å². The zero-order chi connectivity index (χ0) is 14.0. The molecule has 19 heavy (non-hydrogen) atoms. The molecule has 0 unspecified atom stereocenters. The molecule has 0 aromatic rings. The number of carbonyl (C=O) groups is 1. The van der Waals surface area contributed by atoms with Crippen molar-refractivity contribution < 1.29 is 9.53 Å². The van der Waals surface area contributed by atoms with E-state index in [1.165, 1.54) is 19.3 Å². The van der Waals surface area contributed by atoms with Gasteiger partial charge in [0.25, 0.3) is 0 Å². The molecule has 1 aliphatic heterocycles. The van der Waals surface area contributed by atoms with Crippen LogP contribution >= 0.6 is 0 Å². The zero-order valence-corrected chi connectivity index (χ0v) is 12.5. The fourth-order valence-corrected chi connectivity index (χ4v) is 3.36. The van der Waals surface area contributed by atoms with E-state index in [4.69, 9.17) is 10.5 Å². The third kappa shape index (κ3) is 4.10. The van der Waals surface area contributed by atoms with E-state index in [1.807, 2.05) is 25.7 Å². The molecule has 0 spiro atoms. The van der Waals surface area contributed by atoms with Crippen molar-refractivity contribution in [2.75, 3.05) is 13.1 Å². The molecule has 2 rings (SSSR count). The highest BCUT2D eigenvalue weighted by atomic mass is 16.6. The minimum Gasteiger partial charge on any atom is -0.444 e. The van der Waals surface area contributed by atoms with Gasteiger partial charge < -0.3 is 15.4 Å². The summed E-state index contributed by atoms with van der Waals surface area (Å²) in [5, 5.41) is 0. The van der Waals surface area contributed by atoms with Gasteiger partial charge in [0.05, 0.1) is 0 Å². The molecule has 1 saturated carbocycles. The molecule has 1 heterocycles. The molecular formula is C15H28N2O2. The number of ether oxygens (including phenoxy) is 1. The lowest BCUT2D eigenvalue weighted by atomic mass is 9.78. The van der Waals surface area contributed by atoms with Crippen molar-refractivity contribution >= 4 is 6.09 Å². The molecule has 1 saturated heterocycles. The Morgan fingerprint density at radius 1 is 1.21 bits per heavy atom. The third-order valence-corrected chi connectivity index (χ3v) is 4.30. The van der Waals surface area contributed by atoms with Gasteiger partial charge >= 0.3 is 6.09 Å². The first-order chi connectivity index (χ1) is 8.85. The van der Waals surface area contributed by atoms with Crippen LogP contribution in [0.3, 0.4) is 0 Å². The van der Waals surface area contributed by atoms with Gasteiger partial charge in [0, 0.05) is 19.1 Å². The second-order valence-corrected chi connectivity index (χ2v) is 7.16. The highest BCUT2D eigenvalue weighted by Crippen LogP contribution is 2.35. The maximum absolute atomic E-state index is 12.0. The Hall–Kier alpha value is -0.770. The Morgan fingerprint density at radius 2 is 1.95 bits per heavy atom. The highest BCUT2D eigenvalue weighted by Gasteiger charge is 2.35. The van der Waals surface area contributed by atoms with Crippen LogP contribution in [-0.4, -0.2) is 35.7 Å². The molecule has 2 N–H and O–H groups in total. The molecule has 2 aliphatic rings. The van der Waals surface area contributed by atoms with Gasteiger partial charge in [0.15, 0.2) is 0 Å². The van der Waals surface area contributed by atoms with E-state index in [0.717, 1.165) is 25.9 Å². The third-order valence-electron chi connectivity index (χ3n) is 4.30. The molecule has 1 amide bonds. The first kappa shape index (κ1) is 14.6. The van der Waals surface area contributed by atoms with Crippen molar-refractivity contribution in [2.24, 2.45) is 17.6 Å². The Kier molecular flexibility index (Phi) is 4.39. The van der Waals surface area contributed by atoms with E-state index in [9.17, 15) is 4.79 Å². The van der Waals surface area contributed by atoms with Gasteiger partial charge in [-0.15, -0.1) is 0 Å². The van der Waals surface area contributed by atoms with Gasteiger partial charge in [-0.25, -0.2) is 4.79 Å². The lowest BCUT2D eigenvalue weighted by Gasteiger charge is -2.31. The van der Waals surface area contributed by atoms with Gasteiger partial charge in [-0.1, -0.05) is 12.8 Å². The lowest BCUT2D eigenvalue weighted by molar-refractivity contribution is 0.0281. The minimum atomic E-state index is -0.400. The lowest BCUT2D eigenvalue weighted by Crippen LogP contribution is -2.37. The van der Waals surface area contributed by atoms with Crippen molar-refractivity contribution in [2.45, 2.75) is 64.5 Å². The molecule has 1 aliphatic carbocycles. The average Bonchev–Trinajstić information content (AvgIpc) is 2.75. The summed E-state index contributed by atoms with van der Waals surface area (Å²) in [6.45, 7) is 7.44. The second-order valence-electron chi connectivity index (χ2n) is 7.16. The van der Waals surface area contributed by atoms with Crippen molar-refractivity contribution in [3.8, 4) is 0 Å². The van der Waals surface area contributed by atoms with Crippen molar-refractivity contribution in [3.05, 3.63) is 0 Å². The largest absolute Gasteiger partial charge is 0.444 e. The molecule has 3 atom stereocenters. The van der Waals surface area contributed by atoms with E-state index in [-0.39, 0.29) is 6.09 Å². The van der Waals surface area contributed by atoms with Gasteiger partial charge in [-0.05, 0) is 51.9 Å². The molecule has 110 valence electrons. The monoisotopic (exact) mass is 268 g/mol. The summed E-state index contributed by atoms with van der Waals surface area (Å²) in [7, 11) is 0. The predicted molar refractivity (Wildman–Crippen MR) is 75.8 cm³/mol. The number of amides is 1. The quantitative estimate of drug-likeness (QED) is 0.795. The van der Waals surface area contributed by atoms with Crippen LogP contribution in [0.25, 0.3) is 0 Å². The summed E-state index contributed by atoms with van der Waals surface area (Å²) >= 11 is 0. The van der Waals surface area contributed by atoms with Crippen LogP contribution in [0, 0.1) is 11.8 Å². The van der Waals surface area contributed by atoms with Crippen molar-refractivity contribution in [1.29, 1.82) is 0 Å². The Labute approximate surface area is 116 Å². The fourth-order valence-electron chi connectivity index (χ4n) is 3.36. The van der Waals surface area contributed by atoms with Crippen LogP contribution in [0.4, 0.5) is 4.79 Å². The number of rotatable bonds is 1. The Balaban J connectivity index is 1.84. The van der Waals surface area contributed by atoms with Gasteiger partial charge in [-0.2, -0.15) is 0 Å². The molecule has 0 bridgehead atoms. The number of hydrogen-bond donors (Lipinski definition) is 1. The first-order valence-electron chi connectivity index (χ1n) is 7.58. The molecule has 0 radical (unpaired) electrons. The summed E-state index contributed by atoms with van der Waals surface area (Å²) in [5.74, 6) is 1.33. The van der Waals surface area contributed by atoms with E-state index < -0.39 is 5.60 Å². The number of likely N-dealkylation sites (tertiary alicyclic amines) is 1. The van der Waals surface area contributed by atoms with Crippen molar-refractivity contribution in [3.63, 3.8) is 0 Å². The van der Waals surface area contributed by atoms with Crippen LogP contribution in [0.1, 0.15) is 52.9 Å². The summed E-state index contributed by atoms with van der Waals surface area (Å²) in [6, 6.07) is 0.370. The molecule has 0 aromatic carbocycles. The van der Waals surface area contributed by atoms with Crippen LogP contribution in [0.2, 0.25) is 0 Å². The predicted octanol–water partition coefficient (Wildman–Crippen LogP) is 2.76. The molecular weight excluding hydrogens is 240 g/mol. The maximum atomic E-state index is 12.0. The summed E-state index contributed by atoms with van der Waals surface area (Å²) in [5.41, 5.74) is 5.66. The van der Waals surface area contributed by atoms with Gasteiger partial charge in [-0.3, -0.25) is 0 Å². The highest BCUT2D eigenvalue weighted by molar-refractivity contribution is 5.68. The summed E-state index contributed by atoms with van der Waals surface area (Å²) < 4.78 is 5.44. The standard InChI is InChI=1S/C15H28N2O2/c1-15(2,3)19-14(18)17-8-7-12(10-17)11-5-4-6-13(16)9-11/h11-13H,4-10,16H2,1-3H3/t11-,12-,13+/m0/s1. The van der Waals surface area contributed by atoms with E-state index in [1.54, 1.807) is 0 Å². The molecule has 2 fully saturated rings. The minimum absolute atomic E-state index is 0.157. The second kappa shape index (κ2) is 5.70. The number of carbonyl (C=O) groups excluding carboxylic acids is 1. The topological polar surface area (TPSA) is 55.6 Å². The zero-order valence-electron chi connectivity index (χ0n) is 12.5. The molecule has 4 heteroatoms. The fraction of sp³-hybridized carbons (Fsp3) is 0.933. The smallest absolute Gasteiger partial charge is 0.410 e. The number of hydrogen-bond acceptors (Lipinski definition) is 3. The molecule has 0 aromatic heterocycles. The Morgan fingerprint density at radius 3 is 2.58 bits per heavy atom. The normalized spacial score (nSPS) is 32.4. The van der Waals surface area contributed by atoms with Crippen LogP contribution in [-0.2, 0) is 4.74 Å². The van der Waals surface area contributed by atoms with E-state index in [0.29, 0.717) is 17.9 Å². The SMILES string of the molecule is CC(C)(C)OC(=O)N1CC[C@H]([C@H]2CCC[C@@H](N)C2)C1. The van der Waals surface area contributed by atoms with E-state index >= 15 is 0 Å². The van der Waals surface area contributed by atoms with Crippen LogP contribution in [0.5, 0.6) is 0 Å².